The molecule has 0 saturated carbocycles. The van der Waals surface area contributed by atoms with Crippen LogP contribution in [0.1, 0.15) is 10.4 Å². The first-order chi connectivity index (χ1) is 15.9. The maximum atomic E-state index is 12.4. The minimum absolute atomic E-state index is 0.0376. The number of para-hydroxylation sites is 1. The summed E-state index contributed by atoms with van der Waals surface area (Å²) >= 11 is 5.92. The van der Waals surface area contributed by atoms with E-state index in [-0.39, 0.29) is 21.4 Å². The second-order valence-electron chi connectivity index (χ2n) is 6.68. The Morgan fingerprint density at radius 3 is 2.33 bits per heavy atom. The number of carbonyl (C=O) groups is 1. The summed E-state index contributed by atoms with van der Waals surface area (Å²) in [5, 5.41) is 8.14. The molecule has 0 fully saturated rings. The SMILES string of the molecule is COc1ccccc1-c1nnc(-c2ccc(C(=O)NNS(=O)(=O)c3ccccc3Cl)cc2)o1. The number of amides is 1. The third-order valence-corrected chi connectivity index (χ3v) is 6.33. The Bertz CT molecular complexity index is 1400. The number of hydrazine groups is 1. The zero-order chi connectivity index (χ0) is 23.4. The Labute approximate surface area is 194 Å². The molecule has 0 aliphatic carbocycles. The largest absolute Gasteiger partial charge is 0.496 e. The molecule has 3 aromatic carbocycles. The summed E-state index contributed by atoms with van der Waals surface area (Å²) in [5.74, 6) is 0.483. The van der Waals surface area contributed by atoms with Crippen LogP contribution in [0.25, 0.3) is 22.9 Å². The highest BCUT2D eigenvalue weighted by molar-refractivity contribution is 7.89. The van der Waals surface area contributed by atoms with E-state index in [9.17, 15) is 13.2 Å². The highest BCUT2D eigenvalue weighted by atomic mass is 35.5. The van der Waals surface area contributed by atoms with Crippen molar-refractivity contribution in [3.8, 4) is 28.7 Å². The molecule has 11 heteroatoms. The summed E-state index contributed by atoms with van der Waals surface area (Å²) < 4.78 is 35.7. The van der Waals surface area contributed by atoms with E-state index < -0.39 is 15.9 Å². The molecule has 9 nitrogen and oxygen atoms in total. The highest BCUT2D eigenvalue weighted by Gasteiger charge is 2.19. The minimum Gasteiger partial charge on any atom is -0.496 e. The molecular weight excluding hydrogens is 468 g/mol. The van der Waals surface area contributed by atoms with Crippen LogP contribution >= 0.6 is 11.6 Å². The van der Waals surface area contributed by atoms with Crippen LogP contribution in [0.3, 0.4) is 0 Å². The van der Waals surface area contributed by atoms with Gasteiger partial charge < -0.3 is 9.15 Å². The lowest BCUT2D eigenvalue weighted by molar-refractivity contribution is 0.0945. The third kappa shape index (κ3) is 4.87. The summed E-state index contributed by atoms with van der Waals surface area (Å²) in [4.78, 5) is 14.3. The van der Waals surface area contributed by atoms with Crippen molar-refractivity contribution < 1.29 is 22.4 Å². The first kappa shape index (κ1) is 22.5. The molecule has 1 heterocycles. The quantitative estimate of drug-likeness (QED) is 0.383. The summed E-state index contributed by atoms with van der Waals surface area (Å²) in [6.45, 7) is 0. The van der Waals surface area contributed by atoms with Gasteiger partial charge in [-0.25, -0.2) is 8.42 Å². The number of benzene rings is 3. The van der Waals surface area contributed by atoms with Crippen LogP contribution < -0.4 is 15.0 Å². The minimum atomic E-state index is -4.03. The molecular formula is C22H17ClN4O5S. The summed E-state index contributed by atoms with van der Waals surface area (Å²) in [6, 6.07) is 19.4. The van der Waals surface area contributed by atoms with Gasteiger partial charge in [0.05, 0.1) is 17.7 Å². The highest BCUT2D eigenvalue weighted by Crippen LogP contribution is 2.30. The van der Waals surface area contributed by atoms with E-state index in [0.29, 0.717) is 22.8 Å². The van der Waals surface area contributed by atoms with E-state index in [1.807, 2.05) is 17.0 Å². The van der Waals surface area contributed by atoms with Crippen molar-refractivity contribution in [3.63, 3.8) is 0 Å². The van der Waals surface area contributed by atoms with Crippen LogP contribution in [0.5, 0.6) is 5.75 Å². The average molecular weight is 485 g/mol. The number of hydrogen-bond acceptors (Lipinski definition) is 7. The van der Waals surface area contributed by atoms with Gasteiger partial charge in [0.25, 0.3) is 21.8 Å². The maximum absolute atomic E-state index is 12.4. The predicted octanol–water partition coefficient (Wildman–Crippen LogP) is 3.69. The molecule has 0 aliphatic heterocycles. The average Bonchev–Trinajstić information content (AvgIpc) is 3.33. The van der Waals surface area contributed by atoms with Gasteiger partial charge in [0.15, 0.2) is 0 Å². The number of nitrogens with one attached hydrogen (secondary N) is 2. The Balaban J connectivity index is 1.46. The first-order valence-electron chi connectivity index (χ1n) is 9.53. The smallest absolute Gasteiger partial charge is 0.266 e. The lowest BCUT2D eigenvalue weighted by Crippen LogP contribution is -2.41. The van der Waals surface area contributed by atoms with Gasteiger partial charge in [-0.2, -0.15) is 0 Å². The monoisotopic (exact) mass is 484 g/mol. The Kier molecular flexibility index (Phi) is 6.40. The molecule has 0 bridgehead atoms. The van der Waals surface area contributed by atoms with Crippen molar-refractivity contribution in [3.05, 3.63) is 83.4 Å². The van der Waals surface area contributed by atoms with Crippen LogP contribution in [0, 0.1) is 0 Å². The van der Waals surface area contributed by atoms with E-state index in [1.54, 1.807) is 37.4 Å². The van der Waals surface area contributed by atoms with Gasteiger partial charge in [0, 0.05) is 11.1 Å². The van der Waals surface area contributed by atoms with Gasteiger partial charge >= 0.3 is 0 Å². The van der Waals surface area contributed by atoms with E-state index in [2.05, 4.69) is 15.6 Å². The van der Waals surface area contributed by atoms with Crippen LogP contribution in [0.4, 0.5) is 0 Å². The molecule has 0 aliphatic rings. The Morgan fingerprint density at radius 2 is 1.61 bits per heavy atom. The van der Waals surface area contributed by atoms with Gasteiger partial charge in [-0.3, -0.25) is 10.2 Å². The molecule has 33 heavy (non-hydrogen) atoms. The summed E-state index contributed by atoms with van der Waals surface area (Å²) in [5.41, 5.74) is 3.61. The standard InChI is InChI=1S/C22H17ClN4O5S/c1-31-18-8-4-2-6-16(18)22-26-25-21(32-22)15-12-10-14(11-13-15)20(28)24-27-33(29,30)19-9-5-3-7-17(19)23/h2-13,27H,1H3,(H,24,28). The Hall–Kier alpha value is -3.73. The zero-order valence-electron chi connectivity index (χ0n) is 17.2. The number of carbonyl (C=O) groups excluding carboxylic acids is 1. The molecule has 0 spiro atoms. The predicted molar refractivity (Wildman–Crippen MR) is 121 cm³/mol. The van der Waals surface area contributed by atoms with Crippen molar-refractivity contribution in [2.75, 3.05) is 7.11 Å². The molecule has 1 amide bonds. The topological polar surface area (TPSA) is 123 Å². The number of methoxy groups -OCH3 is 1. The molecule has 2 N–H and O–H groups in total. The number of sulfonamides is 1. The number of halogens is 1. The molecule has 0 radical (unpaired) electrons. The van der Waals surface area contributed by atoms with Crippen molar-refractivity contribution in [2.24, 2.45) is 0 Å². The third-order valence-electron chi connectivity index (χ3n) is 4.58. The molecule has 0 atom stereocenters. The van der Waals surface area contributed by atoms with Crippen LogP contribution in [-0.4, -0.2) is 31.6 Å². The van der Waals surface area contributed by atoms with Crippen molar-refractivity contribution in [2.45, 2.75) is 4.90 Å². The summed E-state index contributed by atoms with van der Waals surface area (Å²) in [7, 11) is -2.48. The van der Waals surface area contributed by atoms with Crippen molar-refractivity contribution in [1.82, 2.24) is 20.5 Å². The van der Waals surface area contributed by atoms with Gasteiger partial charge in [0.2, 0.25) is 5.89 Å². The number of rotatable bonds is 7. The van der Waals surface area contributed by atoms with Crippen molar-refractivity contribution in [1.29, 1.82) is 0 Å². The molecule has 4 rings (SSSR count). The fraction of sp³-hybridized carbons (Fsp3) is 0.0455. The molecule has 168 valence electrons. The summed E-state index contributed by atoms with van der Waals surface area (Å²) in [6.07, 6.45) is 0. The lowest BCUT2D eigenvalue weighted by atomic mass is 10.1. The fourth-order valence-corrected chi connectivity index (χ4v) is 4.30. The van der Waals surface area contributed by atoms with E-state index in [0.717, 1.165) is 0 Å². The van der Waals surface area contributed by atoms with E-state index >= 15 is 0 Å². The van der Waals surface area contributed by atoms with E-state index in [4.69, 9.17) is 20.8 Å². The van der Waals surface area contributed by atoms with Crippen LogP contribution in [0.15, 0.2) is 82.1 Å². The molecule has 1 aromatic heterocycles. The van der Waals surface area contributed by atoms with E-state index in [1.165, 1.54) is 30.3 Å². The molecule has 0 unspecified atom stereocenters. The second-order valence-corrected chi connectivity index (χ2v) is 8.74. The second kappa shape index (κ2) is 9.41. The zero-order valence-corrected chi connectivity index (χ0v) is 18.7. The van der Waals surface area contributed by atoms with Crippen molar-refractivity contribution >= 4 is 27.5 Å². The van der Waals surface area contributed by atoms with Gasteiger partial charge in [-0.15, -0.1) is 15.0 Å². The normalized spacial score (nSPS) is 11.2. The first-order valence-corrected chi connectivity index (χ1v) is 11.4. The Morgan fingerprint density at radius 1 is 0.939 bits per heavy atom. The maximum Gasteiger partial charge on any atom is 0.266 e. The van der Waals surface area contributed by atoms with Crippen LogP contribution in [-0.2, 0) is 10.0 Å². The molecule has 0 saturated heterocycles. The van der Waals surface area contributed by atoms with Gasteiger partial charge in [0.1, 0.15) is 10.6 Å². The fourth-order valence-electron chi connectivity index (χ4n) is 2.94. The van der Waals surface area contributed by atoms with Gasteiger partial charge in [-0.1, -0.05) is 35.9 Å². The van der Waals surface area contributed by atoms with Crippen LogP contribution in [0.2, 0.25) is 5.02 Å². The lowest BCUT2D eigenvalue weighted by Gasteiger charge is -2.09. The number of nitrogens with zero attached hydrogens (tertiary/aromatic N) is 2. The number of hydrogen-bond donors (Lipinski definition) is 2. The molecule has 4 aromatic rings. The number of ether oxygens (including phenoxy) is 1. The number of aromatic nitrogens is 2. The van der Waals surface area contributed by atoms with Gasteiger partial charge in [-0.05, 0) is 48.5 Å².